The average molecular weight is 622 g/mol. The van der Waals surface area contributed by atoms with Crippen molar-refractivity contribution in [2.24, 2.45) is 11.0 Å². The molecular formula is C41H31N7. The van der Waals surface area contributed by atoms with Gasteiger partial charge < -0.3 is 14.7 Å². The van der Waals surface area contributed by atoms with Crippen LogP contribution >= 0.6 is 0 Å². The molecule has 5 aromatic carbocycles. The number of benzene rings is 5. The Labute approximate surface area is 279 Å². The summed E-state index contributed by atoms with van der Waals surface area (Å²) >= 11 is 0. The fourth-order valence-electron chi connectivity index (χ4n) is 8.32. The number of amidine groups is 1. The van der Waals surface area contributed by atoms with Crippen molar-refractivity contribution in [2.45, 2.75) is 18.2 Å². The smallest absolute Gasteiger partial charge is 0.178 e. The topological polar surface area (TPSA) is 51.1 Å². The van der Waals surface area contributed by atoms with Crippen LogP contribution < -0.4 is 19.7 Å². The molecule has 1 aromatic heterocycles. The van der Waals surface area contributed by atoms with Crippen LogP contribution in [0.15, 0.2) is 164 Å². The second kappa shape index (κ2) is 10.4. The van der Waals surface area contributed by atoms with Crippen LogP contribution in [0.1, 0.15) is 22.6 Å². The number of hydrazone groups is 1. The van der Waals surface area contributed by atoms with Crippen LogP contribution in [-0.2, 0) is 0 Å². The molecule has 0 amide bonds. The molecule has 0 fully saturated rings. The molecule has 4 aliphatic rings. The van der Waals surface area contributed by atoms with Gasteiger partial charge in [0.15, 0.2) is 17.5 Å². The van der Waals surface area contributed by atoms with E-state index in [1.54, 1.807) is 12.4 Å². The quantitative estimate of drug-likeness (QED) is 0.197. The van der Waals surface area contributed by atoms with Crippen LogP contribution in [0.3, 0.4) is 0 Å². The summed E-state index contributed by atoms with van der Waals surface area (Å²) in [5.74, 6) is 2.47. The van der Waals surface area contributed by atoms with Crippen molar-refractivity contribution in [1.82, 2.24) is 9.97 Å². The van der Waals surface area contributed by atoms with Gasteiger partial charge in [-0.15, -0.1) is 0 Å². The minimum absolute atomic E-state index is 0.0457. The molecule has 0 N–H and O–H groups in total. The van der Waals surface area contributed by atoms with E-state index in [0.717, 1.165) is 56.9 Å². The largest absolute Gasteiger partial charge is 0.301 e. The van der Waals surface area contributed by atoms with Crippen molar-refractivity contribution in [2.75, 3.05) is 19.7 Å². The lowest BCUT2D eigenvalue weighted by Gasteiger charge is -2.50. The van der Waals surface area contributed by atoms with Gasteiger partial charge in [-0.2, -0.15) is 5.10 Å². The molecule has 4 aliphatic heterocycles. The van der Waals surface area contributed by atoms with Gasteiger partial charge in [0.05, 0.1) is 17.3 Å². The number of allylic oxidation sites excluding steroid dienone is 1. The number of fused-ring (bicyclic) bond motifs is 12. The standard InChI is InChI=1S/C41H31N7/c1-27-31-21-11-13-23-33(31)47-39-38(42-25-26-43-39)46(30-19-9-4-10-20-30)40(47)36-35(27)32-22-12-14-24-34(32)48-41(36)45(29-17-7-3-8-18-29)37(44-48)28-15-5-2-6-16-28/h2-26,35-36,40-41H,1H2. The highest BCUT2D eigenvalue weighted by molar-refractivity contribution is 6.13. The van der Waals surface area contributed by atoms with Crippen LogP contribution in [0.5, 0.6) is 0 Å². The van der Waals surface area contributed by atoms with Crippen LogP contribution in [-0.4, -0.2) is 28.1 Å². The Morgan fingerprint density at radius 2 is 1.08 bits per heavy atom. The first-order valence-electron chi connectivity index (χ1n) is 16.4. The van der Waals surface area contributed by atoms with Gasteiger partial charge in [-0.25, -0.2) is 15.0 Å². The SMILES string of the molecule is C=C1c2ccccc2N2c3nccnc3N(c3ccccc3)C2C2C1c1ccccc1N1N=C(c3ccccc3)N(c3ccccc3)C21. The first-order chi connectivity index (χ1) is 23.8. The maximum Gasteiger partial charge on any atom is 0.178 e. The van der Waals surface area contributed by atoms with Gasteiger partial charge in [-0.05, 0) is 47.5 Å². The van der Waals surface area contributed by atoms with Gasteiger partial charge in [-0.1, -0.05) is 110 Å². The molecule has 5 heterocycles. The summed E-state index contributed by atoms with van der Waals surface area (Å²) in [6, 6.07) is 49.2. The number of nitrogens with zero attached hydrogens (tertiary/aromatic N) is 7. The Morgan fingerprint density at radius 1 is 0.521 bits per heavy atom. The molecule has 6 aromatic rings. The Kier molecular flexibility index (Phi) is 5.84. The van der Waals surface area contributed by atoms with E-state index < -0.39 is 0 Å². The number of anilines is 6. The molecule has 7 heteroatoms. The summed E-state index contributed by atoms with van der Waals surface area (Å²) in [4.78, 5) is 17.3. The van der Waals surface area contributed by atoms with Crippen LogP contribution in [0.4, 0.5) is 34.4 Å². The van der Waals surface area contributed by atoms with E-state index in [9.17, 15) is 0 Å². The van der Waals surface area contributed by atoms with Crippen molar-refractivity contribution in [3.8, 4) is 0 Å². The van der Waals surface area contributed by atoms with Crippen molar-refractivity contribution in [3.63, 3.8) is 0 Å². The molecule has 0 aliphatic carbocycles. The van der Waals surface area contributed by atoms with Gasteiger partial charge in [0, 0.05) is 40.8 Å². The zero-order valence-corrected chi connectivity index (χ0v) is 26.1. The second-order valence-electron chi connectivity index (χ2n) is 12.6. The Morgan fingerprint density at radius 3 is 1.79 bits per heavy atom. The van der Waals surface area contributed by atoms with Gasteiger partial charge in [0.25, 0.3) is 0 Å². The molecule has 0 bridgehead atoms. The summed E-state index contributed by atoms with van der Waals surface area (Å²) in [6.07, 6.45) is 3.18. The first kappa shape index (κ1) is 27.0. The summed E-state index contributed by atoms with van der Waals surface area (Å²) < 4.78 is 0. The highest BCUT2D eigenvalue weighted by Gasteiger charge is 2.59. The Hall–Kier alpha value is -6.21. The minimum atomic E-state index is -0.215. The van der Waals surface area contributed by atoms with Gasteiger partial charge in [0.2, 0.25) is 0 Å². The van der Waals surface area contributed by atoms with Gasteiger partial charge in [-0.3, -0.25) is 0 Å². The van der Waals surface area contributed by atoms with E-state index >= 15 is 0 Å². The van der Waals surface area contributed by atoms with Crippen molar-refractivity contribution < 1.29 is 0 Å². The van der Waals surface area contributed by atoms with Crippen LogP contribution in [0, 0.1) is 5.92 Å². The molecule has 48 heavy (non-hydrogen) atoms. The average Bonchev–Trinajstić information content (AvgIpc) is 3.69. The molecule has 4 atom stereocenters. The van der Waals surface area contributed by atoms with Gasteiger partial charge >= 0.3 is 0 Å². The molecule has 4 unspecified atom stereocenters. The number of rotatable bonds is 3. The maximum atomic E-state index is 5.51. The van der Waals surface area contributed by atoms with E-state index in [-0.39, 0.29) is 24.2 Å². The lowest BCUT2D eigenvalue weighted by molar-refractivity contribution is 0.320. The molecular weight excluding hydrogens is 591 g/mol. The van der Waals surface area contributed by atoms with E-state index in [1.807, 2.05) is 0 Å². The van der Waals surface area contributed by atoms with Crippen molar-refractivity contribution >= 4 is 45.8 Å². The van der Waals surface area contributed by atoms with E-state index in [1.165, 1.54) is 5.56 Å². The summed E-state index contributed by atoms with van der Waals surface area (Å²) in [7, 11) is 0. The molecule has 10 rings (SSSR count). The monoisotopic (exact) mass is 621 g/mol. The molecule has 0 saturated heterocycles. The van der Waals surface area contributed by atoms with E-state index in [2.05, 4.69) is 159 Å². The summed E-state index contributed by atoms with van der Waals surface area (Å²) in [5.41, 5.74) is 8.83. The van der Waals surface area contributed by atoms with Crippen molar-refractivity contribution in [1.29, 1.82) is 0 Å². The fourth-order valence-corrected chi connectivity index (χ4v) is 8.32. The van der Waals surface area contributed by atoms with Crippen molar-refractivity contribution in [3.05, 3.63) is 175 Å². The summed E-state index contributed by atoms with van der Waals surface area (Å²) in [5, 5.41) is 7.78. The summed E-state index contributed by atoms with van der Waals surface area (Å²) in [6.45, 7) is 4.91. The Bertz CT molecular complexity index is 2220. The third kappa shape index (κ3) is 3.72. The third-order valence-electron chi connectivity index (χ3n) is 10.2. The molecule has 0 saturated carbocycles. The number of aromatic nitrogens is 2. The highest BCUT2D eigenvalue weighted by Crippen LogP contribution is 2.61. The van der Waals surface area contributed by atoms with Gasteiger partial charge in [0.1, 0.15) is 12.3 Å². The van der Waals surface area contributed by atoms with E-state index in [0.29, 0.717) is 0 Å². The molecule has 0 radical (unpaired) electrons. The maximum absolute atomic E-state index is 5.51. The Balaban J connectivity index is 1.30. The highest BCUT2D eigenvalue weighted by atomic mass is 15.6. The number of para-hydroxylation sites is 4. The molecule has 230 valence electrons. The van der Waals surface area contributed by atoms with Crippen LogP contribution in [0.25, 0.3) is 5.57 Å². The normalized spacial score (nSPS) is 21.8. The molecule has 7 nitrogen and oxygen atoms in total. The lowest BCUT2D eigenvalue weighted by Crippen LogP contribution is -2.60. The van der Waals surface area contributed by atoms with Crippen LogP contribution in [0.2, 0.25) is 0 Å². The minimum Gasteiger partial charge on any atom is -0.301 e. The lowest BCUT2D eigenvalue weighted by atomic mass is 9.72. The third-order valence-corrected chi connectivity index (χ3v) is 10.2. The fraction of sp³-hybridized carbons (Fsp3) is 0.0976. The predicted molar refractivity (Wildman–Crippen MR) is 193 cm³/mol. The number of hydrogen-bond acceptors (Lipinski definition) is 7. The second-order valence-corrected chi connectivity index (χ2v) is 12.6. The zero-order valence-electron chi connectivity index (χ0n) is 26.1. The predicted octanol–water partition coefficient (Wildman–Crippen LogP) is 8.55. The zero-order chi connectivity index (χ0) is 31.8. The first-order valence-corrected chi connectivity index (χ1v) is 16.4. The number of hydrogen-bond donors (Lipinski definition) is 0. The van der Waals surface area contributed by atoms with E-state index in [4.69, 9.17) is 21.6 Å². The molecule has 0 spiro atoms.